The van der Waals surface area contributed by atoms with Crippen molar-refractivity contribution in [3.63, 3.8) is 0 Å². The first kappa shape index (κ1) is 20.9. The van der Waals surface area contributed by atoms with Gasteiger partial charge in [0.15, 0.2) is 0 Å². The number of hydrogen-bond donors (Lipinski definition) is 2. The Morgan fingerprint density at radius 1 is 0.741 bits per heavy atom. The zero-order chi connectivity index (χ0) is 19.3. The van der Waals surface area contributed by atoms with E-state index in [-0.39, 0.29) is 0 Å². The van der Waals surface area contributed by atoms with Crippen molar-refractivity contribution in [2.24, 2.45) is 5.92 Å². The predicted molar refractivity (Wildman–Crippen MR) is 115 cm³/mol. The summed E-state index contributed by atoms with van der Waals surface area (Å²) in [5.41, 5.74) is 2.21. The second-order valence-corrected chi connectivity index (χ2v) is 7.14. The molecule has 0 aliphatic rings. The van der Waals surface area contributed by atoms with E-state index in [9.17, 15) is 0 Å². The Balaban J connectivity index is 1.63. The number of unbranched alkanes of at least 4 members (excludes halogenated alkanes) is 1. The third-order valence-electron chi connectivity index (χ3n) is 4.22. The average Bonchev–Trinajstić information content (AvgIpc) is 2.67. The molecule has 2 rings (SSSR count). The van der Waals surface area contributed by atoms with E-state index in [1.807, 2.05) is 24.3 Å². The maximum Gasteiger partial charge on any atom is 0.119 e. The van der Waals surface area contributed by atoms with Crippen LogP contribution in [-0.2, 0) is 0 Å². The third kappa shape index (κ3) is 8.72. The Labute approximate surface area is 164 Å². The zero-order valence-electron chi connectivity index (χ0n) is 17.0. The van der Waals surface area contributed by atoms with Crippen LogP contribution in [0.1, 0.15) is 40.0 Å². The molecule has 0 saturated carbocycles. The molecule has 0 unspecified atom stereocenters. The molecular formula is C23H34N2O2. The maximum atomic E-state index is 5.75. The lowest BCUT2D eigenvalue weighted by molar-refractivity contribution is 0.289. The molecule has 27 heavy (non-hydrogen) atoms. The minimum Gasteiger partial charge on any atom is -0.494 e. The highest BCUT2D eigenvalue weighted by molar-refractivity contribution is 5.48. The van der Waals surface area contributed by atoms with E-state index >= 15 is 0 Å². The summed E-state index contributed by atoms with van der Waals surface area (Å²) in [5.74, 6) is 2.53. The average molecular weight is 371 g/mol. The summed E-state index contributed by atoms with van der Waals surface area (Å²) in [4.78, 5) is 0. The van der Waals surface area contributed by atoms with E-state index in [1.54, 1.807) is 0 Å². The Morgan fingerprint density at radius 3 is 1.67 bits per heavy atom. The van der Waals surface area contributed by atoms with Crippen molar-refractivity contribution in [2.45, 2.75) is 40.0 Å². The van der Waals surface area contributed by atoms with Crippen molar-refractivity contribution in [1.82, 2.24) is 0 Å². The van der Waals surface area contributed by atoms with Gasteiger partial charge in [0, 0.05) is 24.5 Å². The molecule has 0 atom stereocenters. The van der Waals surface area contributed by atoms with Crippen LogP contribution in [0.2, 0.25) is 0 Å². The first-order chi connectivity index (χ1) is 13.2. The van der Waals surface area contributed by atoms with E-state index in [2.05, 4.69) is 55.7 Å². The van der Waals surface area contributed by atoms with Crippen LogP contribution in [0.5, 0.6) is 11.5 Å². The number of anilines is 2. The van der Waals surface area contributed by atoms with Crippen molar-refractivity contribution in [2.75, 3.05) is 36.9 Å². The predicted octanol–water partition coefficient (Wildman–Crippen LogP) is 5.81. The monoisotopic (exact) mass is 370 g/mol. The summed E-state index contributed by atoms with van der Waals surface area (Å²) in [6.45, 7) is 9.84. The van der Waals surface area contributed by atoms with Crippen LogP contribution in [0.4, 0.5) is 11.4 Å². The zero-order valence-corrected chi connectivity index (χ0v) is 17.0. The second kappa shape index (κ2) is 12.1. The lowest BCUT2D eigenvalue weighted by Crippen LogP contribution is -2.13. The van der Waals surface area contributed by atoms with Crippen molar-refractivity contribution >= 4 is 11.4 Å². The number of nitrogens with one attached hydrogen (secondary N) is 2. The van der Waals surface area contributed by atoms with Crippen LogP contribution in [-0.4, -0.2) is 26.3 Å². The first-order valence-corrected chi connectivity index (χ1v) is 10.1. The number of rotatable bonds is 13. The van der Waals surface area contributed by atoms with Gasteiger partial charge in [0.2, 0.25) is 0 Å². The fraction of sp³-hybridized carbons (Fsp3) is 0.478. The van der Waals surface area contributed by atoms with Crippen molar-refractivity contribution in [1.29, 1.82) is 0 Å². The van der Waals surface area contributed by atoms with E-state index in [0.29, 0.717) is 5.92 Å². The highest BCUT2D eigenvalue weighted by Crippen LogP contribution is 2.17. The highest BCUT2D eigenvalue weighted by atomic mass is 16.5. The van der Waals surface area contributed by atoms with Gasteiger partial charge in [-0.1, -0.05) is 27.2 Å². The summed E-state index contributed by atoms with van der Waals surface area (Å²) in [5, 5.41) is 6.84. The van der Waals surface area contributed by atoms with Gasteiger partial charge in [0.25, 0.3) is 0 Å². The number of benzene rings is 2. The quantitative estimate of drug-likeness (QED) is 0.436. The Hall–Kier alpha value is -2.36. The molecule has 148 valence electrons. The lowest BCUT2D eigenvalue weighted by Gasteiger charge is -2.11. The van der Waals surface area contributed by atoms with E-state index in [0.717, 1.165) is 68.4 Å². The normalized spacial score (nSPS) is 10.7. The Kier molecular flexibility index (Phi) is 9.39. The SMILES string of the molecule is CCCCOc1ccc(NCCNc2ccc(OCCC(C)C)cc2)cc1. The van der Waals surface area contributed by atoms with E-state index in [1.165, 1.54) is 0 Å². The van der Waals surface area contributed by atoms with Gasteiger partial charge < -0.3 is 20.1 Å². The van der Waals surface area contributed by atoms with Crippen molar-refractivity contribution < 1.29 is 9.47 Å². The molecule has 2 aromatic carbocycles. The topological polar surface area (TPSA) is 42.5 Å². The molecule has 4 nitrogen and oxygen atoms in total. The van der Waals surface area contributed by atoms with Crippen LogP contribution in [0.25, 0.3) is 0 Å². The molecule has 4 heteroatoms. The van der Waals surface area contributed by atoms with Crippen LogP contribution in [0.15, 0.2) is 48.5 Å². The molecule has 0 aliphatic carbocycles. The minimum absolute atomic E-state index is 0.670. The smallest absolute Gasteiger partial charge is 0.119 e. The van der Waals surface area contributed by atoms with Crippen molar-refractivity contribution in [3.8, 4) is 11.5 Å². The highest BCUT2D eigenvalue weighted by Gasteiger charge is 1.98. The molecule has 0 heterocycles. The van der Waals surface area contributed by atoms with Crippen LogP contribution in [0.3, 0.4) is 0 Å². The minimum atomic E-state index is 0.670. The van der Waals surface area contributed by atoms with Crippen molar-refractivity contribution in [3.05, 3.63) is 48.5 Å². The number of hydrogen-bond acceptors (Lipinski definition) is 4. The molecule has 0 amide bonds. The fourth-order valence-electron chi connectivity index (χ4n) is 2.50. The maximum absolute atomic E-state index is 5.75. The number of ether oxygens (including phenoxy) is 2. The van der Waals surface area contributed by atoms with Gasteiger partial charge in [0.05, 0.1) is 13.2 Å². The summed E-state index contributed by atoms with van der Waals surface area (Å²) in [6.07, 6.45) is 3.33. The molecule has 0 saturated heterocycles. The summed E-state index contributed by atoms with van der Waals surface area (Å²) >= 11 is 0. The van der Waals surface area contributed by atoms with E-state index in [4.69, 9.17) is 9.47 Å². The van der Waals surface area contributed by atoms with Crippen LogP contribution in [0, 0.1) is 5.92 Å². The molecule has 2 aromatic rings. The molecule has 0 fully saturated rings. The van der Waals surface area contributed by atoms with Gasteiger partial charge in [-0.25, -0.2) is 0 Å². The third-order valence-corrected chi connectivity index (χ3v) is 4.22. The molecule has 0 aliphatic heterocycles. The van der Waals surface area contributed by atoms with Gasteiger partial charge in [-0.2, -0.15) is 0 Å². The standard InChI is InChI=1S/C23H34N2O2/c1-4-5-17-26-22-10-6-20(7-11-22)24-15-16-25-21-8-12-23(13-9-21)27-18-14-19(2)3/h6-13,19,24-25H,4-5,14-18H2,1-3H3. The van der Waals surface area contributed by atoms with E-state index < -0.39 is 0 Å². The Bertz CT molecular complexity index is 624. The summed E-state index contributed by atoms with van der Waals surface area (Å²) < 4.78 is 11.4. The molecule has 0 aromatic heterocycles. The molecule has 0 bridgehead atoms. The van der Waals surface area contributed by atoms with Crippen LogP contribution >= 0.6 is 0 Å². The molecule has 0 spiro atoms. The van der Waals surface area contributed by atoms with Gasteiger partial charge in [-0.3, -0.25) is 0 Å². The largest absolute Gasteiger partial charge is 0.494 e. The fourth-order valence-corrected chi connectivity index (χ4v) is 2.50. The molecule has 0 radical (unpaired) electrons. The summed E-state index contributed by atoms with van der Waals surface area (Å²) in [6, 6.07) is 16.3. The first-order valence-electron chi connectivity index (χ1n) is 10.1. The van der Waals surface area contributed by atoms with Gasteiger partial charge in [-0.15, -0.1) is 0 Å². The molecular weight excluding hydrogens is 336 g/mol. The Morgan fingerprint density at radius 2 is 1.22 bits per heavy atom. The van der Waals surface area contributed by atoms with Gasteiger partial charge >= 0.3 is 0 Å². The molecule has 2 N–H and O–H groups in total. The summed E-state index contributed by atoms with van der Waals surface area (Å²) in [7, 11) is 0. The van der Waals surface area contributed by atoms with Gasteiger partial charge in [-0.05, 0) is 67.3 Å². The lowest BCUT2D eigenvalue weighted by atomic mass is 10.1. The second-order valence-electron chi connectivity index (χ2n) is 7.14. The van der Waals surface area contributed by atoms with Gasteiger partial charge in [0.1, 0.15) is 11.5 Å². The van der Waals surface area contributed by atoms with Crippen LogP contribution < -0.4 is 20.1 Å².